The van der Waals surface area contributed by atoms with Gasteiger partial charge in [-0.25, -0.2) is 19.6 Å². The van der Waals surface area contributed by atoms with Gasteiger partial charge in [0.15, 0.2) is 0 Å². The molecule has 0 aliphatic heterocycles. The maximum Gasteiger partial charge on any atom is 0.407 e. The van der Waals surface area contributed by atoms with Crippen LogP contribution in [0.25, 0.3) is 11.0 Å². The Morgan fingerprint density at radius 2 is 2.03 bits per heavy atom. The van der Waals surface area contributed by atoms with Gasteiger partial charge in [0.2, 0.25) is 0 Å². The number of carbonyl (C=O) groups is 1. The molecule has 3 aromatic rings. The first-order valence-corrected chi connectivity index (χ1v) is 10.00. The average molecular weight is 410 g/mol. The van der Waals surface area contributed by atoms with E-state index in [0.717, 1.165) is 29.7 Å². The molecule has 2 heterocycles. The highest BCUT2D eigenvalue weighted by molar-refractivity contribution is 5.84. The molecule has 0 radical (unpaired) electrons. The van der Waals surface area contributed by atoms with Gasteiger partial charge in [-0.05, 0) is 44.5 Å². The lowest BCUT2D eigenvalue weighted by Crippen LogP contribution is -2.25. The van der Waals surface area contributed by atoms with Crippen LogP contribution in [0.3, 0.4) is 0 Å². The molecule has 8 heteroatoms. The molecule has 0 aliphatic carbocycles. The van der Waals surface area contributed by atoms with Crippen LogP contribution in [0.1, 0.15) is 30.7 Å². The summed E-state index contributed by atoms with van der Waals surface area (Å²) in [5.74, 6) is 0. The maximum absolute atomic E-state index is 12.5. The predicted octanol–water partition coefficient (Wildman–Crippen LogP) is 3.21. The number of aryl methyl sites for hydroxylation is 1. The van der Waals surface area contributed by atoms with Crippen molar-refractivity contribution in [1.29, 1.82) is 0 Å². The fraction of sp³-hybridized carbons (Fsp3) is 0.364. The third kappa shape index (κ3) is 4.94. The van der Waals surface area contributed by atoms with Crippen LogP contribution in [0, 0.1) is 6.92 Å². The standard InChI is InChI=1S/C22H26N4O4/c1-4-26(5-2)17-6-7-18-15(3)19(21(27)30-20(18)12-17)9-11-29-22(28)24-13-16-8-10-23-14-25-16/h6-8,10,12,14H,4-5,9,11,13H2,1-3H3,(H,24,28). The quantitative estimate of drug-likeness (QED) is 0.570. The Morgan fingerprint density at radius 1 is 1.23 bits per heavy atom. The molecule has 2 aromatic heterocycles. The highest BCUT2D eigenvalue weighted by atomic mass is 16.5. The summed E-state index contributed by atoms with van der Waals surface area (Å²) < 4.78 is 10.8. The van der Waals surface area contributed by atoms with Gasteiger partial charge in [0.25, 0.3) is 0 Å². The lowest BCUT2D eigenvalue weighted by Gasteiger charge is -2.21. The predicted molar refractivity (Wildman–Crippen MR) is 115 cm³/mol. The molecular formula is C22H26N4O4. The number of ether oxygens (including phenoxy) is 1. The second kappa shape index (κ2) is 9.87. The first-order chi connectivity index (χ1) is 14.5. The number of nitrogens with one attached hydrogen (secondary N) is 1. The lowest BCUT2D eigenvalue weighted by atomic mass is 10.0. The van der Waals surface area contributed by atoms with E-state index in [-0.39, 0.29) is 19.6 Å². The summed E-state index contributed by atoms with van der Waals surface area (Å²) >= 11 is 0. The smallest absolute Gasteiger partial charge is 0.407 e. The van der Waals surface area contributed by atoms with E-state index < -0.39 is 11.7 Å². The zero-order valence-corrected chi connectivity index (χ0v) is 17.5. The first-order valence-electron chi connectivity index (χ1n) is 10.00. The van der Waals surface area contributed by atoms with Crippen LogP contribution >= 0.6 is 0 Å². The number of fused-ring (bicyclic) bond motifs is 1. The minimum atomic E-state index is -0.569. The van der Waals surface area contributed by atoms with Crippen molar-refractivity contribution >= 4 is 22.7 Å². The minimum absolute atomic E-state index is 0.0737. The summed E-state index contributed by atoms with van der Waals surface area (Å²) in [5, 5.41) is 3.50. The Balaban J connectivity index is 1.65. The first kappa shape index (κ1) is 21.3. The molecule has 0 unspecified atom stereocenters. The fourth-order valence-corrected chi connectivity index (χ4v) is 3.34. The summed E-state index contributed by atoms with van der Waals surface area (Å²) in [7, 11) is 0. The Kier molecular flexibility index (Phi) is 7.00. The van der Waals surface area contributed by atoms with Crippen molar-refractivity contribution < 1.29 is 13.9 Å². The number of alkyl carbamates (subject to hydrolysis) is 1. The Hall–Kier alpha value is -3.42. The number of anilines is 1. The van der Waals surface area contributed by atoms with Gasteiger partial charge in [0, 0.05) is 48.4 Å². The molecule has 0 spiro atoms. The van der Waals surface area contributed by atoms with Crippen molar-refractivity contribution in [3.63, 3.8) is 0 Å². The van der Waals surface area contributed by atoms with Gasteiger partial charge in [0.1, 0.15) is 11.9 Å². The van der Waals surface area contributed by atoms with Gasteiger partial charge in [-0.1, -0.05) is 0 Å². The Morgan fingerprint density at radius 3 is 2.73 bits per heavy atom. The molecule has 1 amide bonds. The van der Waals surface area contributed by atoms with Crippen LogP contribution in [-0.4, -0.2) is 35.8 Å². The van der Waals surface area contributed by atoms with Gasteiger partial charge in [-0.2, -0.15) is 0 Å². The highest BCUT2D eigenvalue weighted by Gasteiger charge is 2.14. The van der Waals surface area contributed by atoms with E-state index in [4.69, 9.17) is 9.15 Å². The van der Waals surface area contributed by atoms with Crippen LogP contribution in [0.4, 0.5) is 10.5 Å². The lowest BCUT2D eigenvalue weighted by molar-refractivity contribution is 0.146. The third-order valence-corrected chi connectivity index (χ3v) is 5.04. The molecule has 1 N–H and O–H groups in total. The van der Waals surface area contributed by atoms with Gasteiger partial charge in [-0.15, -0.1) is 0 Å². The van der Waals surface area contributed by atoms with Crippen LogP contribution in [0.5, 0.6) is 0 Å². The molecule has 0 fully saturated rings. The summed E-state index contributed by atoms with van der Waals surface area (Å²) in [5.41, 5.74) is 3.22. The van der Waals surface area contributed by atoms with E-state index in [1.165, 1.54) is 6.33 Å². The fourth-order valence-electron chi connectivity index (χ4n) is 3.34. The van der Waals surface area contributed by atoms with E-state index >= 15 is 0 Å². The Bertz CT molecular complexity index is 1060. The van der Waals surface area contributed by atoms with Crippen LogP contribution in [0.2, 0.25) is 0 Å². The molecule has 0 aliphatic rings. The molecule has 3 rings (SSSR count). The van der Waals surface area contributed by atoms with Gasteiger partial charge in [0.05, 0.1) is 18.8 Å². The number of aromatic nitrogens is 2. The second-order valence-corrected chi connectivity index (χ2v) is 6.79. The van der Waals surface area contributed by atoms with Crippen LogP contribution < -0.4 is 15.8 Å². The number of benzene rings is 1. The van der Waals surface area contributed by atoms with Crippen molar-refractivity contribution in [3.05, 3.63) is 64.0 Å². The van der Waals surface area contributed by atoms with E-state index in [0.29, 0.717) is 16.8 Å². The monoisotopic (exact) mass is 410 g/mol. The van der Waals surface area contributed by atoms with Crippen molar-refractivity contribution in [3.8, 4) is 0 Å². The second-order valence-electron chi connectivity index (χ2n) is 6.79. The van der Waals surface area contributed by atoms with Crippen molar-refractivity contribution in [1.82, 2.24) is 15.3 Å². The molecule has 8 nitrogen and oxygen atoms in total. The summed E-state index contributed by atoms with van der Waals surface area (Å²) in [6, 6.07) is 7.61. The maximum atomic E-state index is 12.5. The van der Waals surface area contributed by atoms with E-state index in [2.05, 4.69) is 34.0 Å². The zero-order valence-electron chi connectivity index (χ0n) is 17.5. The average Bonchev–Trinajstić information content (AvgIpc) is 2.76. The molecule has 0 atom stereocenters. The summed E-state index contributed by atoms with van der Waals surface area (Å²) in [6.07, 6.45) is 2.72. The van der Waals surface area contributed by atoms with Crippen LogP contribution in [-0.2, 0) is 17.7 Å². The number of hydrogen-bond donors (Lipinski definition) is 1. The molecule has 0 saturated carbocycles. The van der Waals surface area contributed by atoms with Gasteiger partial charge >= 0.3 is 11.7 Å². The Labute approximate surface area is 174 Å². The number of hydrogen-bond acceptors (Lipinski definition) is 7. The number of carbonyl (C=O) groups excluding carboxylic acids is 1. The number of rotatable bonds is 8. The topological polar surface area (TPSA) is 97.6 Å². The van der Waals surface area contributed by atoms with E-state index in [1.54, 1.807) is 12.3 Å². The number of nitrogens with zero attached hydrogens (tertiary/aromatic N) is 3. The number of amides is 1. The van der Waals surface area contributed by atoms with Crippen molar-refractivity contribution in [2.75, 3.05) is 24.6 Å². The van der Waals surface area contributed by atoms with Gasteiger partial charge < -0.3 is 19.4 Å². The van der Waals surface area contributed by atoms with Crippen LogP contribution in [0.15, 0.2) is 46.0 Å². The largest absolute Gasteiger partial charge is 0.449 e. The van der Waals surface area contributed by atoms with E-state index in [9.17, 15) is 9.59 Å². The van der Waals surface area contributed by atoms with E-state index in [1.807, 2.05) is 25.1 Å². The SMILES string of the molecule is CCN(CC)c1ccc2c(C)c(CCOC(=O)NCc3ccncn3)c(=O)oc2c1. The normalized spacial score (nSPS) is 10.8. The third-order valence-electron chi connectivity index (χ3n) is 5.04. The summed E-state index contributed by atoms with van der Waals surface area (Å²) in [4.78, 5) is 34.4. The molecule has 30 heavy (non-hydrogen) atoms. The van der Waals surface area contributed by atoms with Crippen molar-refractivity contribution in [2.24, 2.45) is 0 Å². The molecule has 1 aromatic carbocycles. The minimum Gasteiger partial charge on any atom is -0.449 e. The molecule has 0 bridgehead atoms. The molecular weight excluding hydrogens is 384 g/mol. The molecule has 158 valence electrons. The highest BCUT2D eigenvalue weighted by Crippen LogP contribution is 2.25. The zero-order chi connectivity index (χ0) is 21.5. The molecule has 0 saturated heterocycles. The van der Waals surface area contributed by atoms with Gasteiger partial charge in [-0.3, -0.25) is 0 Å². The summed E-state index contributed by atoms with van der Waals surface area (Å²) in [6.45, 7) is 8.13. The van der Waals surface area contributed by atoms with Crippen molar-refractivity contribution in [2.45, 2.75) is 33.7 Å².